The smallest absolute Gasteiger partial charge is 0.122 e. The van der Waals surface area contributed by atoms with Crippen molar-refractivity contribution in [2.75, 3.05) is 13.7 Å². The molecule has 0 radical (unpaired) electrons. The minimum atomic E-state index is -0.141. The normalized spacial score (nSPS) is 15.1. The fraction of sp³-hybridized carbons (Fsp3) is 0.294. The Hall–Kier alpha value is -2.00. The Morgan fingerprint density at radius 2 is 2.00 bits per heavy atom. The molecule has 0 bridgehead atoms. The lowest BCUT2D eigenvalue weighted by Gasteiger charge is -2.20. The third-order valence-corrected chi connectivity index (χ3v) is 3.74. The molecule has 20 heavy (non-hydrogen) atoms. The Labute approximate surface area is 119 Å². The van der Waals surface area contributed by atoms with Gasteiger partial charge in [0.2, 0.25) is 0 Å². The van der Waals surface area contributed by atoms with Gasteiger partial charge in [-0.3, -0.25) is 0 Å². The monoisotopic (exact) mass is 269 g/mol. The van der Waals surface area contributed by atoms with Crippen molar-refractivity contribution in [2.45, 2.75) is 18.9 Å². The maximum Gasteiger partial charge on any atom is 0.122 e. The summed E-state index contributed by atoms with van der Waals surface area (Å²) < 4.78 is 10.9. The van der Waals surface area contributed by atoms with E-state index in [1.165, 1.54) is 5.56 Å². The second-order valence-electron chi connectivity index (χ2n) is 5.07. The lowest BCUT2D eigenvalue weighted by atomic mass is 9.95. The molecular weight excluding hydrogens is 250 g/mol. The highest BCUT2D eigenvalue weighted by molar-refractivity contribution is 5.43. The molecule has 0 fully saturated rings. The molecule has 3 heteroatoms. The molecule has 3 nitrogen and oxygen atoms in total. The standard InChI is InChI=1S/C17H19NO2/c1-19-15-6-2-4-13(11-15)17(18)14-7-8-16-12(10-14)5-3-9-20-16/h2,4,6-8,10-11,17H,3,5,9,18H2,1H3. The summed E-state index contributed by atoms with van der Waals surface area (Å²) in [6, 6.07) is 14.0. The lowest BCUT2D eigenvalue weighted by Crippen LogP contribution is -2.14. The summed E-state index contributed by atoms with van der Waals surface area (Å²) in [5, 5.41) is 0. The molecular formula is C17H19NO2. The van der Waals surface area contributed by atoms with Gasteiger partial charge >= 0.3 is 0 Å². The highest BCUT2D eigenvalue weighted by Crippen LogP contribution is 2.30. The molecule has 0 aliphatic carbocycles. The van der Waals surface area contributed by atoms with Crippen LogP contribution in [0.1, 0.15) is 29.2 Å². The first-order chi connectivity index (χ1) is 9.78. The van der Waals surface area contributed by atoms with Crippen molar-refractivity contribution >= 4 is 0 Å². The molecule has 2 aromatic carbocycles. The largest absolute Gasteiger partial charge is 0.497 e. The molecule has 2 aromatic rings. The minimum Gasteiger partial charge on any atom is -0.497 e. The van der Waals surface area contributed by atoms with Crippen LogP contribution in [0.3, 0.4) is 0 Å². The van der Waals surface area contributed by atoms with Crippen LogP contribution in [-0.4, -0.2) is 13.7 Å². The summed E-state index contributed by atoms with van der Waals surface area (Å²) in [4.78, 5) is 0. The molecule has 0 saturated carbocycles. The van der Waals surface area contributed by atoms with Crippen molar-refractivity contribution in [2.24, 2.45) is 5.73 Å². The molecule has 1 unspecified atom stereocenters. The van der Waals surface area contributed by atoms with Gasteiger partial charge in [0.25, 0.3) is 0 Å². The lowest BCUT2D eigenvalue weighted by molar-refractivity contribution is 0.288. The number of nitrogens with two attached hydrogens (primary N) is 1. The van der Waals surface area contributed by atoms with Gasteiger partial charge in [-0.1, -0.05) is 24.3 Å². The molecule has 0 aromatic heterocycles. The van der Waals surface area contributed by atoms with Crippen LogP contribution < -0.4 is 15.2 Å². The topological polar surface area (TPSA) is 44.5 Å². The predicted molar refractivity (Wildman–Crippen MR) is 79.3 cm³/mol. The van der Waals surface area contributed by atoms with Crippen molar-refractivity contribution in [3.8, 4) is 11.5 Å². The van der Waals surface area contributed by atoms with Gasteiger partial charge in [0, 0.05) is 0 Å². The molecule has 104 valence electrons. The molecule has 1 aliphatic rings. The van der Waals surface area contributed by atoms with Crippen LogP contribution >= 0.6 is 0 Å². The third kappa shape index (κ3) is 2.49. The number of hydrogen-bond acceptors (Lipinski definition) is 3. The number of benzene rings is 2. The Morgan fingerprint density at radius 3 is 2.85 bits per heavy atom. The Kier molecular flexibility index (Phi) is 3.61. The highest BCUT2D eigenvalue weighted by Gasteiger charge is 2.15. The number of rotatable bonds is 3. The van der Waals surface area contributed by atoms with E-state index in [0.29, 0.717) is 0 Å². The van der Waals surface area contributed by atoms with Gasteiger partial charge in [0.15, 0.2) is 0 Å². The van der Waals surface area contributed by atoms with Crippen LogP contribution in [0.15, 0.2) is 42.5 Å². The summed E-state index contributed by atoms with van der Waals surface area (Å²) in [6.07, 6.45) is 2.14. The summed E-state index contributed by atoms with van der Waals surface area (Å²) in [6.45, 7) is 0.814. The first-order valence-electron chi connectivity index (χ1n) is 6.93. The van der Waals surface area contributed by atoms with Crippen molar-refractivity contribution in [3.63, 3.8) is 0 Å². The minimum absolute atomic E-state index is 0.141. The zero-order valence-electron chi connectivity index (χ0n) is 11.6. The fourth-order valence-electron chi connectivity index (χ4n) is 2.60. The van der Waals surface area contributed by atoms with E-state index in [2.05, 4.69) is 6.07 Å². The molecule has 3 rings (SSSR count). The summed E-state index contributed by atoms with van der Waals surface area (Å²) in [7, 11) is 1.67. The first-order valence-corrected chi connectivity index (χ1v) is 6.93. The summed E-state index contributed by atoms with van der Waals surface area (Å²) in [5.74, 6) is 1.83. The van der Waals surface area contributed by atoms with Crippen molar-refractivity contribution < 1.29 is 9.47 Å². The van der Waals surface area contributed by atoms with Gasteiger partial charge < -0.3 is 15.2 Å². The molecule has 0 amide bonds. The van der Waals surface area contributed by atoms with Gasteiger partial charge in [-0.15, -0.1) is 0 Å². The molecule has 2 N–H and O–H groups in total. The molecule has 0 saturated heterocycles. The van der Waals surface area contributed by atoms with Crippen LogP contribution in [0, 0.1) is 0 Å². The zero-order valence-corrected chi connectivity index (χ0v) is 11.6. The van der Waals surface area contributed by atoms with E-state index in [1.807, 2.05) is 36.4 Å². The van der Waals surface area contributed by atoms with E-state index in [0.717, 1.165) is 42.1 Å². The third-order valence-electron chi connectivity index (χ3n) is 3.74. The van der Waals surface area contributed by atoms with Crippen LogP contribution in [0.4, 0.5) is 0 Å². The second-order valence-corrected chi connectivity index (χ2v) is 5.07. The fourth-order valence-corrected chi connectivity index (χ4v) is 2.60. The van der Waals surface area contributed by atoms with E-state index in [9.17, 15) is 0 Å². The van der Waals surface area contributed by atoms with E-state index >= 15 is 0 Å². The van der Waals surface area contributed by atoms with Crippen molar-refractivity contribution in [1.82, 2.24) is 0 Å². The average Bonchev–Trinajstić information content (AvgIpc) is 2.53. The van der Waals surface area contributed by atoms with Crippen LogP contribution in [0.5, 0.6) is 11.5 Å². The average molecular weight is 269 g/mol. The number of ether oxygens (including phenoxy) is 2. The van der Waals surface area contributed by atoms with Gasteiger partial charge in [0.05, 0.1) is 19.8 Å². The van der Waals surface area contributed by atoms with Gasteiger partial charge in [0.1, 0.15) is 11.5 Å². The van der Waals surface area contributed by atoms with Crippen LogP contribution in [0.25, 0.3) is 0 Å². The van der Waals surface area contributed by atoms with Gasteiger partial charge in [-0.2, -0.15) is 0 Å². The van der Waals surface area contributed by atoms with Crippen LogP contribution in [0.2, 0.25) is 0 Å². The van der Waals surface area contributed by atoms with E-state index in [1.54, 1.807) is 7.11 Å². The predicted octanol–water partition coefficient (Wildman–Crippen LogP) is 3.07. The molecule has 0 spiro atoms. The Morgan fingerprint density at radius 1 is 1.15 bits per heavy atom. The number of fused-ring (bicyclic) bond motifs is 1. The quantitative estimate of drug-likeness (QED) is 0.931. The van der Waals surface area contributed by atoms with Gasteiger partial charge in [-0.05, 0) is 47.7 Å². The highest BCUT2D eigenvalue weighted by atomic mass is 16.5. The summed E-state index contributed by atoms with van der Waals surface area (Å²) in [5.41, 5.74) is 9.80. The van der Waals surface area contributed by atoms with Crippen molar-refractivity contribution in [1.29, 1.82) is 0 Å². The number of hydrogen-bond donors (Lipinski definition) is 1. The maximum atomic E-state index is 6.38. The Balaban J connectivity index is 1.91. The number of methoxy groups -OCH3 is 1. The zero-order chi connectivity index (χ0) is 13.9. The van der Waals surface area contributed by atoms with E-state index < -0.39 is 0 Å². The molecule has 1 atom stereocenters. The first kappa shape index (κ1) is 13.0. The van der Waals surface area contributed by atoms with E-state index in [-0.39, 0.29) is 6.04 Å². The van der Waals surface area contributed by atoms with Gasteiger partial charge in [-0.25, -0.2) is 0 Å². The maximum absolute atomic E-state index is 6.38. The van der Waals surface area contributed by atoms with E-state index in [4.69, 9.17) is 15.2 Å². The molecule has 1 aliphatic heterocycles. The van der Waals surface area contributed by atoms with Crippen molar-refractivity contribution in [3.05, 3.63) is 59.2 Å². The Bertz CT molecular complexity index is 610. The molecule has 1 heterocycles. The van der Waals surface area contributed by atoms with Crippen LogP contribution in [-0.2, 0) is 6.42 Å². The SMILES string of the molecule is COc1cccc(C(N)c2ccc3c(c2)CCCO3)c1. The summed E-state index contributed by atoms with van der Waals surface area (Å²) >= 11 is 0. The number of aryl methyl sites for hydroxylation is 1. The second kappa shape index (κ2) is 5.55.